The van der Waals surface area contributed by atoms with Crippen LogP contribution in [0.5, 0.6) is 0 Å². The van der Waals surface area contributed by atoms with Gasteiger partial charge in [0.15, 0.2) is 0 Å². The summed E-state index contributed by atoms with van der Waals surface area (Å²) in [7, 11) is 12.1. The van der Waals surface area contributed by atoms with Crippen LogP contribution in [0, 0.1) is 0 Å². The summed E-state index contributed by atoms with van der Waals surface area (Å²) in [5, 5.41) is 0. The third-order valence-electron chi connectivity index (χ3n) is 1.28. The zero-order valence-electron chi connectivity index (χ0n) is 5.64. The third-order valence-corrected chi connectivity index (χ3v) is 8.05. The van der Waals surface area contributed by atoms with E-state index in [1.165, 1.54) is 0 Å². The molecule has 0 aliphatic heterocycles. The quantitative estimate of drug-likeness (QED) is 0.694. The molecule has 10 heavy (non-hydrogen) atoms. The maximum atomic E-state index is 6.03. The Hall–Kier alpha value is 0.599. The summed E-state index contributed by atoms with van der Waals surface area (Å²) in [5.41, 5.74) is 0. The van der Waals surface area contributed by atoms with Crippen molar-refractivity contribution in [2.24, 2.45) is 0 Å². The van der Waals surface area contributed by atoms with E-state index in [-0.39, 0.29) is 0 Å². The molecule has 3 heteroatoms. The second-order valence-electron chi connectivity index (χ2n) is 2.25. The molecular formula is C7H8Cl2Sn. The number of benzene rings is 1. The predicted molar refractivity (Wildman–Crippen MR) is 49.4 cm³/mol. The number of hydrogen-bond donors (Lipinski definition) is 0. The first-order valence-electron chi connectivity index (χ1n) is 3.04. The van der Waals surface area contributed by atoms with Crippen LogP contribution in [-0.4, -0.2) is 16.1 Å². The molecule has 0 bridgehead atoms. The second-order valence-corrected chi connectivity index (χ2v) is 20.4. The molecule has 1 rings (SSSR count). The fraction of sp³-hybridized carbons (Fsp3) is 0.143. The summed E-state index contributed by atoms with van der Waals surface area (Å²) < 4.78 is 1.14. The molecule has 54 valence electrons. The summed E-state index contributed by atoms with van der Waals surface area (Å²) in [6.45, 7) is 0. The summed E-state index contributed by atoms with van der Waals surface area (Å²) in [4.78, 5) is 1.97. The average molecular weight is 282 g/mol. The van der Waals surface area contributed by atoms with Crippen molar-refractivity contribution >= 4 is 37.5 Å². The molecule has 0 saturated carbocycles. The van der Waals surface area contributed by atoms with Gasteiger partial charge in [-0.3, -0.25) is 0 Å². The molecule has 0 atom stereocenters. The molecule has 0 spiro atoms. The van der Waals surface area contributed by atoms with Gasteiger partial charge in [-0.1, -0.05) is 0 Å². The first-order chi connectivity index (χ1) is 4.61. The zero-order chi connectivity index (χ0) is 7.61. The van der Waals surface area contributed by atoms with Crippen LogP contribution in [-0.2, 0) is 0 Å². The van der Waals surface area contributed by atoms with Gasteiger partial charge < -0.3 is 0 Å². The van der Waals surface area contributed by atoms with E-state index < -0.39 is 16.1 Å². The Morgan fingerprint density at radius 2 is 1.60 bits per heavy atom. The van der Waals surface area contributed by atoms with Crippen molar-refractivity contribution in [1.29, 1.82) is 0 Å². The molecule has 0 aliphatic carbocycles. The molecule has 0 saturated heterocycles. The van der Waals surface area contributed by atoms with Gasteiger partial charge in [0.05, 0.1) is 0 Å². The second kappa shape index (κ2) is 3.33. The molecule has 0 nitrogen and oxygen atoms in total. The summed E-state index contributed by atoms with van der Waals surface area (Å²) in [5.74, 6) is 0. The minimum absolute atomic E-state index is 1.14. The molecule has 0 amide bonds. The summed E-state index contributed by atoms with van der Waals surface area (Å²) in [6.07, 6.45) is 0. The summed E-state index contributed by atoms with van der Waals surface area (Å²) in [6, 6.07) is 9.89. The van der Waals surface area contributed by atoms with E-state index in [9.17, 15) is 0 Å². The van der Waals surface area contributed by atoms with Crippen molar-refractivity contribution in [2.75, 3.05) is 0 Å². The normalized spacial score (nSPS) is 11.5. The first-order valence-corrected chi connectivity index (χ1v) is 14.5. The Kier molecular flexibility index (Phi) is 2.89. The van der Waals surface area contributed by atoms with Gasteiger partial charge in [0, 0.05) is 0 Å². The van der Waals surface area contributed by atoms with Gasteiger partial charge in [0.1, 0.15) is 0 Å². The van der Waals surface area contributed by atoms with E-state index in [0.717, 1.165) is 3.58 Å². The Balaban J connectivity index is 2.97. The zero-order valence-corrected chi connectivity index (χ0v) is 10.0. The van der Waals surface area contributed by atoms with Crippen molar-refractivity contribution < 1.29 is 0 Å². The molecule has 0 heterocycles. The monoisotopic (exact) mass is 282 g/mol. The van der Waals surface area contributed by atoms with Gasteiger partial charge in [-0.25, -0.2) is 0 Å². The first kappa shape index (κ1) is 8.69. The topological polar surface area (TPSA) is 0 Å². The minimum atomic E-state index is -2.77. The molecular weight excluding hydrogens is 274 g/mol. The van der Waals surface area contributed by atoms with Gasteiger partial charge in [-0.2, -0.15) is 0 Å². The molecule has 1 aromatic rings. The van der Waals surface area contributed by atoms with E-state index >= 15 is 0 Å². The van der Waals surface area contributed by atoms with Crippen LogP contribution in [0.1, 0.15) is 0 Å². The van der Waals surface area contributed by atoms with Crippen LogP contribution < -0.4 is 3.58 Å². The van der Waals surface area contributed by atoms with E-state index in [2.05, 4.69) is 0 Å². The van der Waals surface area contributed by atoms with Crippen molar-refractivity contribution in [2.45, 2.75) is 4.94 Å². The fourth-order valence-electron chi connectivity index (χ4n) is 0.731. The van der Waals surface area contributed by atoms with Gasteiger partial charge in [-0.15, -0.1) is 0 Å². The molecule has 0 N–H and O–H groups in total. The van der Waals surface area contributed by atoms with E-state index in [4.69, 9.17) is 17.8 Å². The Morgan fingerprint density at radius 1 is 1.10 bits per heavy atom. The standard InChI is InChI=1S/C6H5.CH3.2ClH.Sn/c1-2-4-6-5-3-1;;;;/h1-5H;1H3;2*1H;/q;;;;+2/p-2. The van der Waals surface area contributed by atoms with Crippen LogP contribution in [0.3, 0.4) is 0 Å². The third kappa shape index (κ3) is 2.33. The van der Waals surface area contributed by atoms with Crippen LogP contribution >= 0.6 is 17.8 Å². The fourth-order valence-corrected chi connectivity index (χ4v) is 4.64. The van der Waals surface area contributed by atoms with Gasteiger partial charge in [0.25, 0.3) is 0 Å². The Bertz CT molecular complexity index is 203. The molecule has 0 radical (unpaired) electrons. The molecule has 0 aromatic heterocycles. The van der Waals surface area contributed by atoms with Crippen molar-refractivity contribution in [3.8, 4) is 0 Å². The van der Waals surface area contributed by atoms with Crippen LogP contribution in [0.15, 0.2) is 30.3 Å². The number of rotatable bonds is 1. The van der Waals surface area contributed by atoms with Gasteiger partial charge in [-0.05, 0) is 0 Å². The predicted octanol–water partition coefficient (Wildman–Crippen LogP) is 2.44. The SMILES string of the molecule is [CH3][Sn]([Cl])([Cl])[c]1ccccc1. The van der Waals surface area contributed by atoms with Crippen molar-refractivity contribution in [1.82, 2.24) is 0 Å². The van der Waals surface area contributed by atoms with Crippen LogP contribution in [0.2, 0.25) is 4.94 Å². The summed E-state index contributed by atoms with van der Waals surface area (Å²) >= 11 is -2.77. The van der Waals surface area contributed by atoms with Gasteiger partial charge >= 0.3 is 72.8 Å². The molecule has 0 aliphatic rings. The van der Waals surface area contributed by atoms with Crippen LogP contribution in [0.25, 0.3) is 0 Å². The molecule has 1 aromatic carbocycles. The number of hydrogen-bond acceptors (Lipinski definition) is 0. The van der Waals surface area contributed by atoms with Crippen molar-refractivity contribution in [3.05, 3.63) is 30.3 Å². The maximum absolute atomic E-state index is 6.03. The Labute approximate surface area is 72.5 Å². The van der Waals surface area contributed by atoms with Crippen LogP contribution in [0.4, 0.5) is 0 Å². The van der Waals surface area contributed by atoms with E-state index in [0.29, 0.717) is 0 Å². The van der Waals surface area contributed by atoms with Crippen molar-refractivity contribution in [3.63, 3.8) is 0 Å². The Morgan fingerprint density at radius 3 is 1.90 bits per heavy atom. The average Bonchev–Trinajstić information content (AvgIpc) is 1.88. The van der Waals surface area contributed by atoms with E-state index in [1.54, 1.807) is 0 Å². The molecule has 0 fully saturated rings. The number of halogens is 2. The molecule has 0 unspecified atom stereocenters. The van der Waals surface area contributed by atoms with Gasteiger partial charge in [0.2, 0.25) is 0 Å². The van der Waals surface area contributed by atoms with E-state index in [1.807, 2.05) is 35.3 Å².